The highest BCUT2D eigenvalue weighted by Crippen LogP contribution is 2.51. The van der Waals surface area contributed by atoms with E-state index in [0.717, 1.165) is 0 Å². The van der Waals surface area contributed by atoms with Crippen molar-refractivity contribution in [2.45, 2.75) is 21.0 Å². The third-order valence-electron chi connectivity index (χ3n) is 4.60. The largest absolute Gasteiger partial charge is 0.487 e. The first-order valence-electron chi connectivity index (χ1n) is 9.92. The van der Waals surface area contributed by atoms with Crippen LogP contribution in [0.4, 0.5) is 4.39 Å². The summed E-state index contributed by atoms with van der Waals surface area (Å²) in [5.74, 6) is 0.662. The summed E-state index contributed by atoms with van der Waals surface area (Å²) < 4.78 is 24.0. The highest BCUT2D eigenvalue weighted by molar-refractivity contribution is 8.17. The van der Waals surface area contributed by atoms with Gasteiger partial charge in [-0.05, 0) is 87.5 Å². The Morgan fingerprint density at radius 1 is 0.645 bits per heavy atom. The van der Waals surface area contributed by atoms with E-state index in [1.807, 2.05) is 24.3 Å². The topological polar surface area (TPSA) is 38.7 Å². The maximum atomic E-state index is 13.0. The number of aliphatic hydroxyl groups excluding tert-OH is 1. The molecule has 0 bridgehead atoms. The predicted octanol–water partition coefficient (Wildman–Crippen LogP) is 6.08. The molecule has 0 aliphatic heterocycles. The quantitative estimate of drug-likeness (QED) is 0.261. The summed E-state index contributed by atoms with van der Waals surface area (Å²) in [7, 11) is -0.676. The molecule has 0 fully saturated rings. The van der Waals surface area contributed by atoms with Crippen molar-refractivity contribution in [1.82, 2.24) is 0 Å². The van der Waals surface area contributed by atoms with Gasteiger partial charge in [0.25, 0.3) is 0 Å². The zero-order valence-electron chi connectivity index (χ0n) is 16.8. The molecule has 5 heteroatoms. The molecule has 0 spiro atoms. The Balaban J connectivity index is 1.44. The summed E-state index contributed by atoms with van der Waals surface area (Å²) >= 11 is 0. The smallest absolute Gasteiger partial charge is 0.231 e. The maximum absolute atomic E-state index is 13.0. The van der Waals surface area contributed by atoms with Crippen LogP contribution in [0.1, 0.15) is 0 Å². The van der Waals surface area contributed by atoms with Crippen molar-refractivity contribution >= 4 is 10.9 Å². The normalized spacial score (nSPS) is 12.1. The third-order valence-corrected chi connectivity index (χ3v) is 7.05. The lowest BCUT2D eigenvalue weighted by molar-refractivity contribution is -0.0479. The highest BCUT2D eigenvalue weighted by Gasteiger charge is 2.13. The number of hydrogen-bond donors (Lipinski definition) is 2. The second-order valence-corrected chi connectivity index (χ2v) is 9.06. The van der Waals surface area contributed by atoms with Crippen molar-refractivity contribution in [2.24, 2.45) is 0 Å². The Morgan fingerprint density at radius 2 is 1.13 bits per heavy atom. The van der Waals surface area contributed by atoms with Crippen LogP contribution in [0.25, 0.3) is 0 Å². The Kier molecular flexibility index (Phi) is 6.87. The number of rotatable bonds is 8. The Hall–Kier alpha value is -3.28. The zero-order valence-corrected chi connectivity index (χ0v) is 17.7. The summed E-state index contributed by atoms with van der Waals surface area (Å²) in [6, 6.07) is 34.4. The molecule has 0 aliphatic carbocycles. The number of halogens is 1. The van der Waals surface area contributed by atoms with E-state index in [9.17, 15) is 9.50 Å². The van der Waals surface area contributed by atoms with Gasteiger partial charge in [0.2, 0.25) is 6.29 Å². The second kappa shape index (κ2) is 10.2. The minimum atomic E-state index is -1.16. The van der Waals surface area contributed by atoms with Gasteiger partial charge in [-0.25, -0.2) is 4.39 Å². The van der Waals surface area contributed by atoms with E-state index >= 15 is 0 Å². The van der Waals surface area contributed by atoms with Gasteiger partial charge >= 0.3 is 0 Å². The minimum absolute atomic E-state index is 0.0388. The van der Waals surface area contributed by atoms with Gasteiger partial charge in [-0.3, -0.25) is 0 Å². The van der Waals surface area contributed by atoms with Crippen LogP contribution in [0.15, 0.2) is 124 Å². The average molecular weight is 435 g/mol. The summed E-state index contributed by atoms with van der Waals surface area (Å²) in [4.78, 5) is 3.77. The highest BCUT2D eigenvalue weighted by atomic mass is 32.2. The number of ether oxygens (including phenoxy) is 2. The molecule has 4 aromatic rings. The van der Waals surface area contributed by atoms with Crippen LogP contribution in [0.3, 0.4) is 0 Å². The second-order valence-electron chi connectivity index (χ2n) is 6.84. The molecule has 0 heterocycles. The lowest BCUT2D eigenvalue weighted by Crippen LogP contribution is -2.24. The van der Waals surface area contributed by atoms with E-state index < -0.39 is 17.2 Å². The van der Waals surface area contributed by atoms with Crippen LogP contribution in [0.2, 0.25) is 0 Å². The molecule has 4 rings (SSSR count). The van der Waals surface area contributed by atoms with Crippen molar-refractivity contribution in [3.63, 3.8) is 0 Å². The maximum Gasteiger partial charge on any atom is 0.231 e. The lowest BCUT2D eigenvalue weighted by Gasteiger charge is -2.23. The van der Waals surface area contributed by atoms with Crippen molar-refractivity contribution < 1.29 is 19.0 Å². The standard InChI is InChI=1S/C26H23FO3S/c27-20-11-13-22(14-12-20)30-26(28)19-29-21-15-17-25(18-16-21)31(23-7-3-1-4-8-23)24-9-5-2-6-10-24/h1-18,26,28,31H,19H2. The fourth-order valence-electron chi connectivity index (χ4n) is 3.16. The molecule has 31 heavy (non-hydrogen) atoms. The van der Waals surface area contributed by atoms with Gasteiger partial charge in [0, 0.05) is 0 Å². The number of hydrogen-bond acceptors (Lipinski definition) is 3. The van der Waals surface area contributed by atoms with E-state index in [1.165, 1.54) is 39.0 Å². The SMILES string of the molecule is OC(COc1ccc([SH](c2ccccc2)c2ccccc2)cc1)Oc1ccc(F)cc1. The van der Waals surface area contributed by atoms with Gasteiger partial charge in [0.1, 0.15) is 17.3 Å². The molecule has 0 aliphatic rings. The number of aliphatic hydroxyl groups is 1. The molecule has 4 aromatic carbocycles. The van der Waals surface area contributed by atoms with E-state index in [1.54, 1.807) is 0 Å². The summed E-state index contributed by atoms with van der Waals surface area (Å²) in [6.45, 7) is -0.0388. The molecule has 1 unspecified atom stereocenters. The van der Waals surface area contributed by atoms with Gasteiger partial charge < -0.3 is 14.6 Å². The molecular weight excluding hydrogens is 411 g/mol. The predicted molar refractivity (Wildman–Crippen MR) is 122 cm³/mol. The van der Waals surface area contributed by atoms with Crippen LogP contribution in [-0.4, -0.2) is 18.0 Å². The van der Waals surface area contributed by atoms with Crippen LogP contribution >= 0.6 is 10.9 Å². The first-order valence-corrected chi connectivity index (χ1v) is 11.3. The van der Waals surface area contributed by atoms with Crippen LogP contribution in [0, 0.1) is 5.82 Å². The summed E-state index contributed by atoms with van der Waals surface area (Å²) in [6.07, 6.45) is -1.16. The fraction of sp³-hybridized carbons (Fsp3) is 0.0769. The van der Waals surface area contributed by atoms with Gasteiger partial charge in [0.15, 0.2) is 6.61 Å². The molecule has 0 radical (unpaired) electrons. The van der Waals surface area contributed by atoms with Crippen LogP contribution in [0.5, 0.6) is 11.5 Å². The molecule has 3 nitrogen and oxygen atoms in total. The Bertz CT molecular complexity index is 1030. The molecule has 1 atom stereocenters. The Labute approximate surface area is 184 Å². The molecular formula is C26H23FO3S. The van der Waals surface area contributed by atoms with Crippen molar-refractivity contribution in [1.29, 1.82) is 0 Å². The first-order chi connectivity index (χ1) is 15.2. The van der Waals surface area contributed by atoms with Gasteiger partial charge in [-0.1, -0.05) is 36.4 Å². The molecule has 0 saturated heterocycles. The van der Waals surface area contributed by atoms with Gasteiger partial charge in [0.05, 0.1) is 0 Å². The molecule has 0 amide bonds. The summed E-state index contributed by atoms with van der Waals surface area (Å²) in [5, 5.41) is 10.0. The number of benzene rings is 4. The van der Waals surface area contributed by atoms with E-state index in [4.69, 9.17) is 9.47 Å². The van der Waals surface area contributed by atoms with Crippen molar-refractivity contribution in [2.75, 3.05) is 6.61 Å². The van der Waals surface area contributed by atoms with E-state index in [-0.39, 0.29) is 12.4 Å². The molecule has 1 N–H and O–H groups in total. The molecule has 0 saturated carbocycles. The average Bonchev–Trinajstić information content (AvgIpc) is 2.82. The Morgan fingerprint density at radius 3 is 1.68 bits per heavy atom. The van der Waals surface area contributed by atoms with Crippen LogP contribution in [-0.2, 0) is 0 Å². The molecule has 0 aromatic heterocycles. The number of thiol groups is 1. The van der Waals surface area contributed by atoms with E-state index in [2.05, 4.69) is 60.7 Å². The van der Waals surface area contributed by atoms with Gasteiger partial charge in [-0.15, -0.1) is 0 Å². The van der Waals surface area contributed by atoms with Crippen molar-refractivity contribution in [3.05, 3.63) is 115 Å². The fourth-order valence-corrected chi connectivity index (χ4v) is 5.45. The minimum Gasteiger partial charge on any atom is -0.487 e. The van der Waals surface area contributed by atoms with Crippen molar-refractivity contribution in [3.8, 4) is 11.5 Å². The monoisotopic (exact) mass is 434 g/mol. The first kappa shape index (κ1) is 21.0. The van der Waals surface area contributed by atoms with E-state index in [0.29, 0.717) is 11.5 Å². The third kappa shape index (κ3) is 5.66. The lowest BCUT2D eigenvalue weighted by atomic mass is 10.3. The molecule has 158 valence electrons. The zero-order chi connectivity index (χ0) is 21.5. The summed E-state index contributed by atoms with van der Waals surface area (Å²) in [5.41, 5.74) is 0. The van der Waals surface area contributed by atoms with Gasteiger partial charge in [-0.2, -0.15) is 10.9 Å². The van der Waals surface area contributed by atoms with Crippen LogP contribution < -0.4 is 9.47 Å².